The number of halogens is 1. The summed E-state index contributed by atoms with van der Waals surface area (Å²) in [6, 6.07) is 11.6. The molecule has 132 valence electrons. The van der Waals surface area contributed by atoms with E-state index in [4.69, 9.17) is 15.1 Å². The van der Waals surface area contributed by atoms with E-state index in [1.165, 1.54) is 17.0 Å². The minimum Gasteiger partial charge on any atom is -0.473 e. The van der Waals surface area contributed by atoms with E-state index >= 15 is 0 Å². The zero-order valence-corrected chi connectivity index (χ0v) is 13.8. The summed E-state index contributed by atoms with van der Waals surface area (Å²) in [5, 5.41) is 17.8. The predicted molar refractivity (Wildman–Crippen MR) is 89.0 cm³/mol. The largest absolute Gasteiger partial charge is 0.473 e. The van der Waals surface area contributed by atoms with E-state index in [9.17, 15) is 9.18 Å². The summed E-state index contributed by atoms with van der Waals surface area (Å²) in [5.41, 5.74) is 1.52. The van der Waals surface area contributed by atoms with Gasteiger partial charge in [0.2, 0.25) is 5.88 Å². The molecule has 1 saturated carbocycles. The van der Waals surface area contributed by atoms with Crippen LogP contribution in [0.5, 0.6) is 5.88 Å². The normalized spacial score (nSPS) is 23.2. The average molecular weight is 353 g/mol. The van der Waals surface area contributed by atoms with Crippen LogP contribution < -0.4 is 4.74 Å². The third kappa shape index (κ3) is 2.94. The van der Waals surface area contributed by atoms with Gasteiger partial charge in [0, 0.05) is 36.3 Å². The molecule has 0 spiro atoms. The Balaban J connectivity index is 1.40. The summed E-state index contributed by atoms with van der Waals surface area (Å²) >= 11 is 0. The van der Waals surface area contributed by atoms with Gasteiger partial charge in [-0.25, -0.2) is 14.2 Å². The number of carbonyl (C=O) groups is 1. The molecule has 2 fully saturated rings. The van der Waals surface area contributed by atoms with Crippen LogP contribution in [0.4, 0.5) is 9.18 Å². The maximum Gasteiger partial charge on any atom is 0.407 e. The zero-order chi connectivity index (χ0) is 18.3. The van der Waals surface area contributed by atoms with Crippen molar-refractivity contribution in [3.63, 3.8) is 0 Å². The topological polar surface area (TPSA) is 86.5 Å². The third-order valence-electron chi connectivity index (χ3n) is 5.11. The molecule has 2 heterocycles. The number of nitriles is 1. The van der Waals surface area contributed by atoms with Gasteiger partial charge in [0.05, 0.1) is 11.6 Å². The Labute approximate surface area is 149 Å². The fourth-order valence-electron chi connectivity index (χ4n) is 3.70. The molecule has 3 atom stereocenters. The number of nitrogens with zero attached hydrogens (tertiary/aromatic N) is 3. The van der Waals surface area contributed by atoms with E-state index in [0.717, 1.165) is 5.69 Å². The maximum absolute atomic E-state index is 13.9. The van der Waals surface area contributed by atoms with Crippen molar-refractivity contribution in [3.8, 4) is 11.9 Å². The highest BCUT2D eigenvalue weighted by molar-refractivity contribution is 5.66. The number of hydrogen-bond donors (Lipinski definition) is 1. The number of piperidine rings is 1. The summed E-state index contributed by atoms with van der Waals surface area (Å²) in [7, 11) is 0. The van der Waals surface area contributed by atoms with Gasteiger partial charge in [-0.3, -0.25) is 0 Å². The number of likely N-dealkylation sites (tertiary alicyclic amines) is 1. The number of hydrogen-bond acceptors (Lipinski definition) is 4. The second-order valence-electron chi connectivity index (χ2n) is 6.65. The molecule has 0 radical (unpaired) electrons. The van der Waals surface area contributed by atoms with Gasteiger partial charge in [-0.15, -0.1) is 0 Å². The lowest BCUT2D eigenvalue weighted by atomic mass is 10.1. The van der Waals surface area contributed by atoms with Crippen LogP contribution in [0.2, 0.25) is 0 Å². The molecule has 0 unspecified atom stereocenters. The van der Waals surface area contributed by atoms with Crippen molar-refractivity contribution in [3.05, 3.63) is 59.0 Å². The fraction of sp³-hybridized carbons (Fsp3) is 0.316. The highest BCUT2D eigenvalue weighted by atomic mass is 19.1. The summed E-state index contributed by atoms with van der Waals surface area (Å²) in [4.78, 5) is 16.9. The minimum absolute atomic E-state index is 0.0261. The third-order valence-corrected chi connectivity index (χ3v) is 5.11. The van der Waals surface area contributed by atoms with Crippen molar-refractivity contribution in [2.45, 2.75) is 12.5 Å². The molecule has 26 heavy (non-hydrogen) atoms. The van der Waals surface area contributed by atoms with Crippen molar-refractivity contribution in [1.29, 1.82) is 5.26 Å². The molecule has 1 aromatic carbocycles. The molecule has 1 aromatic heterocycles. The second kappa shape index (κ2) is 6.30. The number of pyridine rings is 1. The first-order valence-corrected chi connectivity index (χ1v) is 8.33. The highest BCUT2D eigenvalue weighted by Crippen LogP contribution is 2.57. The van der Waals surface area contributed by atoms with Crippen molar-refractivity contribution in [2.75, 3.05) is 13.1 Å². The Bertz CT molecular complexity index is 899. The zero-order valence-electron chi connectivity index (χ0n) is 13.8. The van der Waals surface area contributed by atoms with Crippen molar-refractivity contribution >= 4 is 6.09 Å². The molecule has 1 N–H and O–H groups in total. The van der Waals surface area contributed by atoms with E-state index < -0.39 is 11.9 Å². The summed E-state index contributed by atoms with van der Waals surface area (Å²) < 4.78 is 19.5. The lowest BCUT2D eigenvalue weighted by Crippen LogP contribution is -2.29. The van der Waals surface area contributed by atoms with Crippen LogP contribution in [-0.4, -0.2) is 34.2 Å². The van der Waals surface area contributed by atoms with Crippen LogP contribution in [0, 0.1) is 29.0 Å². The Hall–Kier alpha value is -3.14. The smallest absolute Gasteiger partial charge is 0.407 e. The van der Waals surface area contributed by atoms with E-state index in [1.807, 2.05) is 18.2 Å². The SMILES string of the molecule is N#Cc1ccc(COc2cccc([C@@H]3[C@@H]4CN(C(=O)O)C[C@@H]43)n2)c(F)c1. The van der Waals surface area contributed by atoms with Gasteiger partial charge in [0.15, 0.2) is 0 Å². The number of fused-ring (bicyclic) bond motifs is 1. The number of rotatable bonds is 4. The van der Waals surface area contributed by atoms with Crippen LogP contribution in [0.1, 0.15) is 22.7 Å². The lowest BCUT2D eigenvalue weighted by molar-refractivity contribution is 0.150. The number of aromatic nitrogens is 1. The van der Waals surface area contributed by atoms with Crippen LogP contribution in [0.25, 0.3) is 0 Å². The van der Waals surface area contributed by atoms with E-state index in [2.05, 4.69) is 4.98 Å². The Kier molecular flexibility index (Phi) is 3.96. The lowest BCUT2D eigenvalue weighted by Gasteiger charge is -2.15. The van der Waals surface area contributed by atoms with Crippen LogP contribution >= 0.6 is 0 Å². The van der Waals surface area contributed by atoms with Crippen molar-refractivity contribution in [1.82, 2.24) is 9.88 Å². The van der Waals surface area contributed by atoms with Gasteiger partial charge in [-0.05, 0) is 30.0 Å². The molecular formula is C19H16FN3O3. The maximum atomic E-state index is 13.9. The molecule has 1 aliphatic heterocycles. The molecule has 6 nitrogen and oxygen atoms in total. The van der Waals surface area contributed by atoms with Crippen LogP contribution in [-0.2, 0) is 6.61 Å². The van der Waals surface area contributed by atoms with E-state index in [-0.39, 0.29) is 18.1 Å². The fourth-order valence-corrected chi connectivity index (χ4v) is 3.70. The number of ether oxygens (including phenoxy) is 1. The number of amides is 1. The molecule has 0 bridgehead atoms. The van der Waals surface area contributed by atoms with Gasteiger partial charge in [0.1, 0.15) is 12.4 Å². The average Bonchev–Trinajstić information content (AvgIpc) is 3.14. The number of carboxylic acid groups (broad SMARTS) is 1. The quantitative estimate of drug-likeness (QED) is 0.913. The highest BCUT2D eigenvalue weighted by Gasteiger charge is 2.58. The second-order valence-corrected chi connectivity index (χ2v) is 6.65. The van der Waals surface area contributed by atoms with Gasteiger partial charge < -0.3 is 14.7 Å². The van der Waals surface area contributed by atoms with Crippen molar-refractivity contribution < 1.29 is 19.0 Å². The molecule has 2 aromatic rings. The molecule has 1 amide bonds. The van der Waals surface area contributed by atoms with Gasteiger partial charge in [-0.1, -0.05) is 12.1 Å². The first kappa shape index (κ1) is 16.3. The minimum atomic E-state index is -0.870. The number of benzene rings is 1. The van der Waals surface area contributed by atoms with Gasteiger partial charge >= 0.3 is 6.09 Å². The van der Waals surface area contributed by atoms with Crippen LogP contribution in [0.15, 0.2) is 36.4 Å². The van der Waals surface area contributed by atoms with Crippen LogP contribution in [0.3, 0.4) is 0 Å². The Morgan fingerprint density at radius 1 is 1.35 bits per heavy atom. The molecule has 7 heteroatoms. The van der Waals surface area contributed by atoms with E-state index in [1.54, 1.807) is 12.1 Å². The summed E-state index contributed by atoms with van der Waals surface area (Å²) in [5.74, 6) is 0.840. The van der Waals surface area contributed by atoms with Gasteiger partial charge in [0.25, 0.3) is 0 Å². The standard InChI is InChI=1S/C19H16FN3O3/c20-15-6-11(7-21)4-5-12(15)10-26-17-3-1-2-16(22-17)18-13-8-23(19(24)25)9-14(13)18/h1-6,13-14,18H,8-10H2,(H,24,25)/t13-,14+,18-. The molecular weight excluding hydrogens is 337 g/mol. The van der Waals surface area contributed by atoms with Gasteiger partial charge in [-0.2, -0.15) is 5.26 Å². The first-order chi connectivity index (χ1) is 12.6. The Morgan fingerprint density at radius 2 is 2.12 bits per heavy atom. The van der Waals surface area contributed by atoms with Crippen molar-refractivity contribution in [2.24, 2.45) is 11.8 Å². The monoisotopic (exact) mass is 353 g/mol. The molecule has 2 aliphatic rings. The molecule has 1 aliphatic carbocycles. The van der Waals surface area contributed by atoms with E-state index in [0.29, 0.717) is 36.4 Å². The summed E-state index contributed by atoms with van der Waals surface area (Å²) in [6.45, 7) is 1.13. The first-order valence-electron chi connectivity index (χ1n) is 8.33. The summed E-state index contributed by atoms with van der Waals surface area (Å²) in [6.07, 6.45) is -0.870. The predicted octanol–water partition coefficient (Wildman–Crippen LogP) is 2.99. The Morgan fingerprint density at radius 3 is 2.77 bits per heavy atom. The molecule has 1 saturated heterocycles. The molecule has 4 rings (SSSR count).